The highest BCUT2D eigenvalue weighted by molar-refractivity contribution is 5.75. The second kappa shape index (κ2) is 5.20. The molecule has 25 heavy (non-hydrogen) atoms. The van der Waals surface area contributed by atoms with Crippen LogP contribution in [0.4, 0.5) is 0 Å². The Morgan fingerprint density at radius 2 is 1.96 bits per heavy atom. The third-order valence-corrected chi connectivity index (χ3v) is 5.47. The van der Waals surface area contributed by atoms with Crippen LogP contribution in [0.15, 0.2) is 47.6 Å². The van der Waals surface area contributed by atoms with Crippen molar-refractivity contribution in [3.8, 4) is 5.75 Å². The highest BCUT2D eigenvalue weighted by Crippen LogP contribution is 2.55. The van der Waals surface area contributed by atoms with Gasteiger partial charge in [0.2, 0.25) is 0 Å². The van der Waals surface area contributed by atoms with Crippen molar-refractivity contribution in [2.45, 2.75) is 12.0 Å². The molecule has 3 aliphatic heterocycles. The average Bonchev–Trinajstić information content (AvgIpc) is 2.98. The number of amidine groups is 1. The number of benzene rings is 1. The van der Waals surface area contributed by atoms with Gasteiger partial charge in [-0.25, -0.2) is 4.99 Å². The van der Waals surface area contributed by atoms with E-state index in [-0.39, 0.29) is 11.4 Å². The van der Waals surface area contributed by atoms with Gasteiger partial charge in [0.1, 0.15) is 24.5 Å². The van der Waals surface area contributed by atoms with Gasteiger partial charge in [0.15, 0.2) is 0 Å². The maximum absolute atomic E-state index is 6.05. The first-order chi connectivity index (χ1) is 12.2. The van der Waals surface area contributed by atoms with E-state index < -0.39 is 5.54 Å². The first-order valence-corrected chi connectivity index (χ1v) is 8.43. The first kappa shape index (κ1) is 14.7. The van der Waals surface area contributed by atoms with Gasteiger partial charge in [0.25, 0.3) is 6.02 Å². The van der Waals surface area contributed by atoms with E-state index in [0.29, 0.717) is 26.4 Å². The second-order valence-electron chi connectivity index (χ2n) is 6.99. The molecule has 1 aromatic carbocycles. The number of hydrogen-bond donors (Lipinski definition) is 1. The van der Waals surface area contributed by atoms with Crippen molar-refractivity contribution >= 4 is 6.02 Å². The molecule has 1 saturated heterocycles. The number of aliphatic imine (C=N–C) groups is 1. The lowest BCUT2D eigenvalue weighted by Crippen LogP contribution is -2.63. The van der Waals surface area contributed by atoms with Crippen LogP contribution in [0.2, 0.25) is 0 Å². The standard InChI is InChI=1S/C19H19N3O3/c20-17-22-19(12-25-17)15-8-13(7-14-3-1-2-6-21-14)4-5-16(15)24-11-18(19)9-23-10-18/h1-6,8H,7,9-12H2,(H2,20,22). The van der Waals surface area contributed by atoms with Gasteiger partial charge in [-0.05, 0) is 29.8 Å². The minimum Gasteiger partial charge on any atom is -0.492 e. The van der Waals surface area contributed by atoms with Crippen molar-refractivity contribution in [2.24, 2.45) is 16.1 Å². The van der Waals surface area contributed by atoms with Gasteiger partial charge in [-0.1, -0.05) is 12.1 Å². The van der Waals surface area contributed by atoms with Crippen molar-refractivity contribution in [3.05, 3.63) is 59.4 Å². The molecule has 3 aliphatic rings. The molecule has 0 amide bonds. The van der Waals surface area contributed by atoms with Gasteiger partial charge in [0, 0.05) is 23.9 Å². The van der Waals surface area contributed by atoms with E-state index in [0.717, 1.165) is 23.4 Å². The Labute approximate surface area is 145 Å². The fourth-order valence-electron chi connectivity index (χ4n) is 3.98. The molecule has 2 aromatic rings. The molecule has 5 rings (SSSR count). The molecule has 6 heteroatoms. The summed E-state index contributed by atoms with van der Waals surface area (Å²) in [6.07, 6.45) is 2.57. The minimum absolute atomic E-state index is 0.204. The topological polar surface area (TPSA) is 79.0 Å². The molecule has 1 aromatic heterocycles. The molecular weight excluding hydrogens is 318 g/mol. The Balaban J connectivity index is 1.59. The number of nitrogens with two attached hydrogens (primary N) is 1. The molecule has 128 valence electrons. The molecule has 0 bridgehead atoms. The van der Waals surface area contributed by atoms with E-state index >= 15 is 0 Å². The fraction of sp³-hybridized carbons (Fsp3) is 0.368. The third kappa shape index (κ3) is 2.07. The normalized spacial score (nSPS) is 25.7. The maximum Gasteiger partial charge on any atom is 0.283 e. The first-order valence-electron chi connectivity index (χ1n) is 8.43. The van der Waals surface area contributed by atoms with Crippen LogP contribution in [0, 0.1) is 5.41 Å². The van der Waals surface area contributed by atoms with Crippen LogP contribution in [0.5, 0.6) is 5.75 Å². The van der Waals surface area contributed by atoms with Gasteiger partial charge in [-0.15, -0.1) is 0 Å². The van der Waals surface area contributed by atoms with Crippen LogP contribution in [-0.2, 0) is 21.4 Å². The summed E-state index contributed by atoms with van der Waals surface area (Å²) in [5, 5.41) is 0. The number of ether oxygens (including phenoxy) is 3. The Morgan fingerprint density at radius 1 is 1.04 bits per heavy atom. The van der Waals surface area contributed by atoms with Crippen LogP contribution in [0.25, 0.3) is 0 Å². The van der Waals surface area contributed by atoms with E-state index in [1.807, 2.05) is 30.5 Å². The highest BCUT2D eigenvalue weighted by Gasteiger charge is 2.63. The molecule has 4 heterocycles. The lowest BCUT2D eigenvalue weighted by atomic mass is 9.64. The summed E-state index contributed by atoms with van der Waals surface area (Å²) in [6, 6.07) is 12.5. The molecule has 1 atom stereocenters. The van der Waals surface area contributed by atoms with Gasteiger partial charge < -0.3 is 19.9 Å². The van der Waals surface area contributed by atoms with Crippen molar-refractivity contribution in [1.82, 2.24) is 4.98 Å². The molecule has 0 aliphatic carbocycles. The summed E-state index contributed by atoms with van der Waals surface area (Å²) in [5.41, 5.74) is 8.40. The van der Waals surface area contributed by atoms with Gasteiger partial charge in [0.05, 0.1) is 18.6 Å². The van der Waals surface area contributed by atoms with E-state index in [1.165, 1.54) is 5.56 Å². The summed E-state index contributed by atoms with van der Waals surface area (Å²) in [7, 11) is 0. The van der Waals surface area contributed by atoms with Gasteiger partial charge >= 0.3 is 0 Å². The fourth-order valence-corrected chi connectivity index (χ4v) is 3.98. The van der Waals surface area contributed by atoms with E-state index in [2.05, 4.69) is 17.1 Å². The molecular formula is C19H19N3O3. The van der Waals surface area contributed by atoms with Crippen LogP contribution >= 0.6 is 0 Å². The maximum atomic E-state index is 6.05. The number of hydrogen-bond acceptors (Lipinski definition) is 6. The molecule has 0 saturated carbocycles. The third-order valence-electron chi connectivity index (χ3n) is 5.47. The smallest absolute Gasteiger partial charge is 0.283 e. The quantitative estimate of drug-likeness (QED) is 0.901. The Morgan fingerprint density at radius 3 is 2.64 bits per heavy atom. The lowest BCUT2D eigenvalue weighted by Gasteiger charge is -2.53. The van der Waals surface area contributed by atoms with Crippen LogP contribution < -0.4 is 10.5 Å². The number of rotatable bonds is 2. The number of fused-ring (bicyclic) bond motifs is 3. The van der Waals surface area contributed by atoms with E-state index in [4.69, 9.17) is 24.9 Å². The molecule has 0 radical (unpaired) electrons. The summed E-state index contributed by atoms with van der Waals surface area (Å²) >= 11 is 0. The summed E-state index contributed by atoms with van der Waals surface area (Å²) in [6.45, 7) is 2.22. The summed E-state index contributed by atoms with van der Waals surface area (Å²) in [4.78, 5) is 9.16. The van der Waals surface area contributed by atoms with E-state index in [1.54, 1.807) is 0 Å². The van der Waals surface area contributed by atoms with Gasteiger partial charge in [-0.3, -0.25) is 4.98 Å². The number of nitrogens with zero attached hydrogens (tertiary/aromatic N) is 2. The van der Waals surface area contributed by atoms with Crippen molar-refractivity contribution < 1.29 is 14.2 Å². The van der Waals surface area contributed by atoms with Crippen LogP contribution in [-0.4, -0.2) is 37.4 Å². The zero-order valence-electron chi connectivity index (χ0n) is 13.8. The highest BCUT2D eigenvalue weighted by atomic mass is 16.5. The Kier molecular flexibility index (Phi) is 3.06. The monoisotopic (exact) mass is 337 g/mol. The predicted molar refractivity (Wildman–Crippen MR) is 91.5 cm³/mol. The van der Waals surface area contributed by atoms with Crippen LogP contribution in [0.3, 0.4) is 0 Å². The van der Waals surface area contributed by atoms with E-state index in [9.17, 15) is 0 Å². The van der Waals surface area contributed by atoms with Crippen LogP contribution in [0.1, 0.15) is 16.8 Å². The van der Waals surface area contributed by atoms with Gasteiger partial charge in [-0.2, -0.15) is 0 Å². The minimum atomic E-state index is -0.525. The second-order valence-corrected chi connectivity index (χ2v) is 6.99. The molecule has 2 N–H and O–H groups in total. The predicted octanol–water partition coefficient (Wildman–Crippen LogP) is 1.62. The summed E-state index contributed by atoms with van der Waals surface area (Å²) < 4.78 is 17.2. The molecule has 2 spiro atoms. The number of pyridine rings is 1. The zero-order valence-corrected chi connectivity index (χ0v) is 13.8. The Bertz CT molecular complexity index is 848. The van der Waals surface area contributed by atoms with Crippen molar-refractivity contribution in [2.75, 3.05) is 26.4 Å². The largest absolute Gasteiger partial charge is 0.492 e. The lowest BCUT2D eigenvalue weighted by molar-refractivity contribution is -0.185. The Hall–Kier alpha value is -2.60. The molecule has 1 fully saturated rings. The summed E-state index contributed by atoms with van der Waals surface area (Å²) in [5.74, 6) is 0.851. The van der Waals surface area contributed by atoms with Crippen molar-refractivity contribution in [3.63, 3.8) is 0 Å². The van der Waals surface area contributed by atoms with Crippen molar-refractivity contribution in [1.29, 1.82) is 0 Å². The average molecular weight is 337 g/mol. The zero-order chi connectivity index (χ0) is 16.9. The molecule has 1 unspecified atom stereocenters. The SMILES string of the molecule is NC1=NC2(CO1)c1cc(Cc3ccccn3)ccc1OCC21COC1. The number of aromatic nitrogens is 1. The molecule has 6 nitrogen and oxygen atoms in total.